The lowest BCUT2D eigenvalue weighted by atomic mass is 10.1. The molecule has 1 atom stereocenters. The van der Waals surface area contributed by atoms with Gasteiger partial charge < -0.3 is 20.2 Å². The highest BCUT2D eigenvalue weighted by Gasteiger charge is 2.33. The van der Waals surface area contributed by atoms with Gasteiger partial charge in [-0.25, -0.2) is 9.97 Å². The highest BCUT2D eigenvalue weighted by Crippen LogP contribution is 2.30. The smallest absolute Gasteiger partial charge is 0.316 e. The Morgan fingerprint density at radius 2 is 1.91 bits per heavy atom. The van der Waals surface area contributed by atoms with Crippen molar-refractivity contribution >= 4 is 37.6 Å². The topological polar surface area (TPSA) is 136 Å². The number of benzene rings is 2. The third-order valence-corrected chi connectivity index (χ3v) is 6.92. The van der Waals surface area contributed by atoms with Crippen LogP contribution < -0.4 is 10.6 Å². The van der Waals surface area contributed by atoms with Crippen LogP contribution in [0.5, 0.6) is 0 Å². The van der Waals surface area contributed by atoms with Crippen molar-refractivity contribution in [3.8, 4) is 0 Å². The number of nitrogens with one attached hydrogen (secondary N) is 1. The Bertz CT molecular complexity index is 1390. The number of aromatic nitrogens is 4. The molecule has 2 aromatic carbocycles. The van der Waals surface area contributed by atoms with Gasteiger partial charge in [-0.05, 0) is 29.8 Å². The number of rotatable bonds is 10. The van der Waals surface area contributed by atoms with Crippen molar-refractivity contribution in [3.63, 3.8) is 0 Å². The Hall–Kier alpha value is -3.48. The molecule has 2 aromatic heterocycles. The first-order chi connectivity index (χ1) is 16.7. The number of primary amides is 1. The molecule has 0 fully saturated rings. The predicted molar refractivity (Wildman–Crippen MR) is 132 cm³/mol. The maximum Gasteiger partial charge on any atom is 0.316 e. The molecular weight excluding hydrogens is 536 g/mol. The highest BCUT2D eigenvalue weighted by molar-refractivity contribution is 9.10. The summed E-state index contributed by atoms with van der Waals surface area (Å²) in [6.45, 7) is 0.105. The SMILES string of the molecule is Cn1cc(S(=O)(=O)OCc2ccccc2)nc1C(C(N)=O)N(Cc1cnc[nH]1)c1ccc(Br)cc1. The summed E-state index contributed by atoms with van der Waals surface area (Å²) < 4.78 is 33.2. The lowest BCUT2D eigenvalue weighted by Crippen LogP contribution is -2.39. The standard InChI is InChI=1S/C23H23BrN6O4S/c1-29-13-20(35(32,33)34-14-16-5-3-2-4-6-16)28-23(29)21(22(25)31)30(12-18-11-26-15-27-18)19-9-7-17(24)8-10-19/h2-11,13,15,21H,12,14H2,1H3,(H2,25,31)(H,26,27). The van der Waals surface area contributed by atoms with E-state index in [0.29, 0.717) is 11.3 Å². The summed E-state index contributed by atoms with van der Waals surface area (Å²) >= 11 is 3.41. The fourth-order valence-corrected chi connectivity index (χ4v) is 4.72. The summed E-state index contributed by atoms with van der Waals surface area (Å²) in [5.41, 5.74) is 7.94. The number of amides is 1. The summed E-state index contributed by atoms with van der Waals surface area (Å²) in [6, 6.07) is 15.1. The van der Waals surface area contributed by atoms with E-state index in [0.717, 1.165) is 10.2 Å². The van der Waals surface area contributed by atoms with Crippen molar-refractivity contribution in [3.05, 3.63) is 94.9 Å². The van der Waals surface area contributed by atoms with E-state index in [-0.39, 0.29) is 24.0 Å². The number of carbonyl (C=O) groups is 1. The lowest BCUT2D eigenvalue weighted by molar-refractivity contribution is -0.119. The molecule has 0 bridgehead atoms. The van der Waals surface area contributed by atoms with E-state index in [1.165, 1.54) is 17.1 Å². The van der Waals surface area contributed by atoms with Crippen molar-refractivity contribution in [2.24, 2.45) is 12.8 Å². The number of H-pyrrole nitrogens is 1. The average molecular weight is 559 g/mol. The monoisotopic (exact) mass is 558 g/mol. The van der Waals surface area contributed by atoms with Crippen molar-refractivity contribution < 1.29 is 17.4 Å². The summed E-state index contributed by atoms with van der Waals surface area (Å²) in [4.78, 5) is 25.8. The van der Waals surface area contributed by atoms with E-state index in [2.05, 4.69) is 30.9 Å². The number of carbonyl (C=O) groups excluding carboxylic acids is 1. The van der Waals surface area contributed by atoms with E-state index < -0.39 is 22.1 Å². The molecule has 4 aromatic rings. The van der Waals surface area contributed by atoms with Crippen LogP contribution in [0, 0.1) is 0 Å². The van der Waals surface area contributed by atoms with Crippen LogP contribution in [0.25, 0.3) is 0 Å². The molecule has 0 saturated heterocycles. The van der Waals surface area contributed by atoms with E-state index in [4.69, 9.17) is 9.92 Å². The van der Waals surface area contributed by atoms with Gasteiger partial charge in [0.1, 0.15) is 5.82 Å². The number of halogens is 1. The molecule has 2 heterocycles. The largest absolute Gasteiger partial charge is 0.367 e. The zero-order chi connectivity index (χ0) is 25.0. The van der Waals surface area contributed by atoms with Crippen molar-refractivity contribution in [1.82, 2.24) is 19.5 Å². The number of anilines is 1. The number of imidazole rings is 2. The lowest BCUT2D eigenvalue weighted by Gasteiger charge is -2.31. The molecule has 0 spiro atoms. The molecule has 3 N–H and O–H groups in total. The number of aryl methyl sites for hydroxylation is 1. The molecular formula is C23H23BrN6O4S. The molecule has 4 rings (SSSR count). The number of aromatic amines is 1. The average Bonchev–Trinajstić information content (AvgIpc) is 3.49. The maximum absolute atomic E-state index is 12.9. The van der Waals surface area contributed by atoms with Gasteiger partial charge in [0.2, 0.25) is 10.9 Å². The first-order valence-corrected chi connectivity index (χ1v) is 12.7. The van der Waals surface area contributed by atoms with Gasteiger partial charge in [-0.15, -0.1) is 0 Å². The van der Waals surface area contributed by atoms with Crippen LogP contribution >= 0.6 is 15.9 Å². The minimum Gasteiger partial charge on any atom is -0.367 e. The van der Waals surface area contributed by atoms with Crippen LogP contribution in [-0.4, -0.2) is 33.8 Å². The Labute approximate surface area is 211 Å². The Morgan fingerprint density at radius 1 is 1.20 bits per heavy atom. The first-order valence-electron chi connectivity index (χ1n) is 10.5. The van der Waals surface area contributed by atoms with Gasteiger partial charge in [0, 0.05) is 29.6 Å². The second-order valence-corrected chi connectivity index (χ2v) is 10.2. The van der Waals surface area contributed by atoms with Crippen LogP contribution in [-0.2, 0) is 39.3 Å². The van der Waals surface area contributed by atoms with Crippen LogP contribution in [0.15, 0.2) is 82.8 Å². The van der Waals surface area contributed by atoms with Gasteiger partial charge in [0.25, 0.3) is 0 Å². The second kappa shape index (κ2) is 10.4. The quantitative estimate of drug-likeness (QED) is 0.285. The van der Waals surface area contributed by atoms with E-state index in [1.54, 1.807) is 42.4 Å². The zero-order valence-corrected chi connectivity index (χ0v) is 21.1. The third-order valence-electron chi connectivity index (χ3n) is 5.25. The molecule has 12 heteroatoms. The normalized spacial score (nSPS) is 12.4. The third kappa shape index (κ3) is 5.78. The minimum atomic E-state index is -4.19. The van der Waals surface area contributed by atoms with E-state index in [1.807, 2.05) is 30.3 Å². The number of nitrogens with two attached hydrogens (primary N) is 1. The van der Waals surface area contributed by atoms with Crippen LogP contribution in [0.1, 0.15) is 23.1 Å². The Balaban J connectivity index is 1.69. The first kappa shape index (κ1) is 24.6. The molecule has 1 amide bonds. The van der Waals surface area contributed by atoms with Crippen molar-refractivity contribution in [2.45, 2.75) is 24.2 Å². The summed E-state index contributed by atoms with van der Waals surface area (Å²) in [6.07, 6.45) is 4.47. The maximum atomic E-state index is 12.9. The molecule has 0 aliphatic carbocycles. The summed E-state index contributed by atoms with van der Waals surface area (Å²) in [7, 11) is -2.59. The Morgan fingerprint density at radius 3 is 2.54 bits per heavy atom. The number of nitrogens with zero attached hydrogens (tertiary/aromatic N) is 4. The highest BCUT2D eigenvalue weighted by atomic mass is 79.9. The molecule has 0 saturated carbocycles. The van der Waals surface area contributed by atoms with Gasteiger partial charge in [0.05, 0.1) is 25.2 Å². The van der Waals surface area contributed by atoms with Gasteiger partial charge in [-0.1, -0.05) is 46.3 Å². The fraction of sp³-hybridized carbons (Fsp3) is 0.174. The van der Waals surface area contributed by atoms with E-state index >= 15 is 0 Å². The predicted octanol–water partition coefficient (Wildman–Crippen LogP) is 3.04. The van der Waals surface area contributed by atoms with Gasteiger partial charge in [-0.3, -0.25) is 8.98 Å². The molecule has 0 aliphatic heterocycles. The molecule has 0 aliphatic rings. The molecule has 1 unspecified atom stereocenters. The molecule has 10 nitrogen and oxygen atoms in total. The number of hydrogen-bond acceptors (Lipinski definition) is 7. The van der Waals surface area contributed by atoms with E-state index in [9.17, 15) is 13.2 Å². The minimum absolute atomic E-state index is 0.140. The second-order valence-electron chi connectivity index (χ2n) is 7.74. The van der Waals surface area contributed by atoms with Gasteiger partial charge >= 0.3 is 10.1 Å². The van der Waals surface area contributed by atoms with Gasteiger partial charge in [-0.2, -0.15) is 8.42 Å². The van der Waals surface area contributed by atoms with Crippen LogP contribution in [0.2, 0.25) is 0 Å². The van der Waals surface area contributed by atoms with Crippen molar-refractivity contribution in [2.75, 3.05) is 4.90 Å². The molecule has 35 heavy (non-hydrogen) atoms. The van der Waals surface area contributed by atoms with Crippen LogP contribution in [0.4, 0.5) is 5.69 Å². The molecule has 0 radical (unpaired) electrons. The summed E-state index contributed by atoms with van der Waals surface area (Å²) in [5.74, 6) is -0.544. The summed E-state index contributed by atoms with van der Waals surface area (Å²) in [5, 5.41) is -0.311. The zero-order valence-electron chi connectivity index (χ0n) is 18.7. The number of hydrogen-bond donors (Lipinski definition) is 2. The molecule has 182 valence electrons. The fourth-order valence-electron chi connectivity index (χ4n) is 3.55. The van der Waals surface area contributed by atoms with Crippen LogP contribution in [0.3, 0.4) is 0 Å². The van der Waals surface area contributed by atoms with Crippen molar-refractivity contribution in [1.29, 1.82) is 0 Å². The van der Waals surface area contributed by atoms with Gasteiger partial charge in [0.15, 0.2) is 6.04 Å². The Kier molecular flexibility index (Phi) is 7.34.